The molecular formula is C42H26. The van der Waals surface area contributed by atoms with Gasteiger partial charge in [-0.05, 0) is 86.9 Å². The summed E-state index contributed by atoms with van der Waals surface area (Å²) in [6, 6.07) is 57.9. The van der Waals surface area contributed by atoms with E-state index in [2.05, 4.69) is 158 Å². The molecule has 0 aliphatic heterocycles. The Morgan fingerprint density at radius 2 is 0.500 bits per heavy atom. The molecule has 0 radical (unpaired) electrons. The molecule has 0 amide bonds. The summed E-state index contributed by atoms with van der Waals surface area (Å²) in [5.74, 6) is 0. The average molecular weight is 531 g/mol. The van der Waals surface area contributed by atoms with Crippen LogP contribution in [0.15, 0.2) is 158 Å². The maximum atomic E-state index is 2.37. The van der Waals surface area contributed by atoms with Crippen LogP contribution in [0.25, 0.3) is 86.9 Å². The van der Waals surface area contributed by atoms with Crippen molar-refractivity contribution >= 4 is 64.6 Å². The van der Waals surface area contributed by atoms with Crippen LogP contribution in [0.2, 0.25) is 0 Å². The SMILES string of the molecule is c1ccc(-c2cccc3c4ccccc4c4ccc5c6ccccc6c6cccc(-c7ccccc7)c6c5c4c23)cc1. The minimum Gasteiger partial charge on any atom is -0.0622 e. The standard InChI is InChI=1S/C42H26/c1-3-13-27(14-4-1)29-21-11-23-35-31-17-7-9-19-33(31)37-25-26-38-34-20-10-8-18-32(34)36-24-12-22-30(28-15-5-2-6-16-28)40(36)42(38)41(37)39(29)35/h1-26H. The van der Waals surface area contributed by atoms with Crippen LogP contribution in [0.5, 0.6) is 0 Å². The third-order valence-corrected chi connectivity index (χ3v) is 9.02. The zero-order chi connectivity index (χ0) is 27.6. The first kappa shape index (κ1) is 23.3. The molecular weight excluding hydrogens is 504 g/mol. The molecule has 9 aromatic rings. The molecule has 0 aromatic heterocycles. The van der Waals surface area contributed by atoms with Gasteiger partial charge in [0.05, 0.1) is 0 Å². The van der Waals surface area contributed by atoms with E-state index in [4.69, 9.17) is 0 Å². The minimum atomic E-state index is 1.24. The molecule has 0 saturated carbocycles. The molecule has 0 bridgehead atoms. The summed E-state index contributed by atoms with van der Waals surface area (Å²) in [5.41, 5.74) is 5.03. The van der Waals surface area contributed by atoms with Crippen molar-refractivity contribution in [2.45, 2.75) is 0 Å². The van der Waals surface area contributed by atoms with Crippen LogP contribution < -0.4 is 0 Å². The van der Waals surface area contributed by atoms with Gasteiger partial charge in [0.25, 0.3) is 0 Å². The molecule has 9 aromatic carbocycles. The Kier molecular flexibility index (Phi) is 5.00. The van der Waals surface area contributed by atoms with E-state index >= 15 is 0 Å². The predicted molar refractivity (Wildman–Crippen MR) is 182 cm³/mol. The van der Waals surface area contributed by atoms with E-state index < -0.39 is 0 Å². The topological polar surface area (TPSA) is 0 Å². The van der Waals surface area contributed by atoms with Gasteiger partial charge in [0.15, 0.2) is 0 Å². The lowest BCUT2D eigenvalue weighted by Gasteiger charge is -2.20. The lowest BCUT2D eigenvalue weighted by molar-refractivity contribution is 1.66. The molecule has 0 unspecified atom stereocenters. The molecule has 0 saturated heterocycles. The molecule has 0 N–H and O–H groups in total. The van der Waals surface area contributed by atoms with E-state index in [9.17, 15) is 0 Å². The third-order valence-electron chi connectivity index (χ3n) is 9.02. The van der Waals surface area contributed by atoms with Gasteiger partial charge in [0.1, 0.15) is 0 Å². The van der Waals surface area contributed by atoms with Crippen LogP contribution in [0.4, 0.5) is 0 Å². The van der Waals surface area contributed by atoms with E-state index in [1.807, 2.05) is 0 Å². The lowest BCUT2D eigenvalue weighted by atomic mass is 9.83. The summed E-state index contributed by atoms with van der Waals surface area (Å²) in [5, 5.41) is 15.7. The number of benzene rings is 9. The van der Waals surface area contributed by atoms with Gasteiger partial charge in [-0.1, -0.05) is 158 Å². The number of rotatable bonds is 2. The largest absolute Gasteiger partial charge is 0.0622 e. The van der Waals surface area contributed by atoms with Crippen molar-refractivity contribution in [1.82, 2.24) is 0 Å². The maximum absolute atomic E-state index is 2.37. The zero-order valence-electron chi connectivity index (χ0n) is 23.0. The lowest BCUT2D eigenvalue weighted by Crippen LogP contribution is -1.92. The highest BCUT2D eigenvalue weighted by Gasteiger charge is 2.20. The summed E-state index contributed by atoms with van der Waals surface area (Å²) in [7, 11) is 0. The van der Waals surface area contributed by atoms with Gasteiger partial charge in [-0.3, -0.25) is 0 Å². The highest BCUT2D eigenvalue weighted by atomic mass is 14.2. The summed E-state index contributed by atoms with van der Waals surface area (Å²) < 4.78 is 0. The van der Waals surface area contributed by atoms with E-state index in [1.165, 1.54) is 86.9 Å². The highest BCUT2D eigenvalue weighted by Crippen LogP contribution is 2.48. The number of fused-ring (bicyclic) bond motifs is 13. The van der Waals surface area contributed by atoms with Crippen molar-refractivity contribution in [2.75, 3.05) is 0 Å². The van der Waals surface area contributed by atoms with Gasteiger partial charge in [-0.25, -0.2) is 0 Å². The van der Waals surface area contributed by atoms with Crippen LogP contribution in [0, 0.1) is 0 Å². The Hall–Kier alpha value is -5.46. The summed E-state index contributed by atoms with van der Waals surface area (Å²) >= 11 is 0. The molecule has 194 valence electrons. The number of hydrogen-bond acceptors (Lipinski definition) is 0. The normalized spacial score (nSPS) is 11.8. The predicted octanol–water partition coefficient (Wildman–Crippen LogP) is 11.9. The highest BCUT2D eigenvalue weighted by molar-refractivity contribution is 6.41. The van der Waals surface area contributed by atoms with Crippen molar-refractivity contribution < 1.29 is 0 Å². The Morgan fingerprint density at radius 1 is 0.190 bits per heavy atom. The maximum Gasteiger partial charge on any atom is -0.000741 e. The van der Waals surface area contributed by atoms with Crippen molar-refractivity contribution in [2.24, 2.45) is 0 Å². The third kappa shape index (κ3) is 3.24. The molecule has 0 spiro atoms. The minimum absolute atomic E-state index is 1.24. The summed E-state index contributed by atoms with van der Waals surface area (Å²) in [6.45, 7) is 0. The van der Waals surface area contributed by atoms with Crippen LogP contribution in [-0.2, 0) is 0 Å². The number of hydrogen-bond donors (Lipinski definition) is 0. The van der Waals surface area contributed by atoms with Crippen molar-refractivity contribution in [3.8, 4) is 22.3 Å². The summed E-state index contributed by atoms with van der Waals surface area (Å²) in [4.78, 5) is 0. The Labute approximate surface area is 244 Å². The van der Waals surface area contributed by atoms with Gasteiger partial charge in [0.2, 0.25) is 0 Å². The van der Waals surface area contributed by atoms with Crippen molar-refractivity contribution in [1.29, 1.82) is 0 Å². The van der Waals surface area contributed by atoms with Gasteiger partial charge in [0, 0.05) is 0 Å². The Bertz CT molecular complexity index is 2310. The molecule has 42 heavy (non-hydrogen) atoms. The van der Waals surface area contributed by atoms with Crippen molar-refractivity contribution in [3.05, 3.63) is 158 Å². The van der Waals surface area contributed by atoms with E-state index in [-0.39, 0.29) is 0 Å². The fourth-order valence-corrected chi connectivity index (χ4v) is 7.29. The molecule has 0 atom stereocenters. The quantitative estimate of drug-likeness (QED) is 0.195. The second-order valence-corrected chi connectivity index (χ2v) is 11.2. The fraction of sp³-hybridized carbons (Fsp3) is 0. The first-order chi connectivity index (χ1) is 20.9. The second-order valence-electron chi connectivity index (χ2n) is 11.2. The molecule has 0 heteroatoms. The van der Waals surface area contributed by atoms with Gasteiger partial charge in [-0.15, -0.1) is 0 Å². The molecule has 0 nitrogen and oxygen atoms in total. The average Bonchev–Trinajstić information content (AvgIpc) is 3.08. The Balaban J connectivity index is 1.66. The fourth-order valence-electron chi connectivity index (χ4n) is 7.29. The molecule has 0 fully saturated rings. The second kappa shape index (κ2) is 9.03. The van der Waals surface area contributed by atoms with Crippen LogP contribution in [-0.4, -0.2) is 0 Å². The molecule has 0 aliphatic rings. The van der Waals surface area contributed by atoms with Crippen LogP contribution >= 0.6 is 0 Å². The van der Waals surface area contributed by atoms with E-state index in [0.717, 1.165) is 0 Å². The first-order valence-electron chi connectivity index (χ1n) is 14.6. The molecule has 9 rings (SSSR count). The van der Waals surface area contributed by atoms with Crippen molar-refractivity contribution in [3.63, 3.8) is 0 Å². The van der Waals surface area contributed by atoms with E-state index in [1.54, 1.807) is 0 Å². The zero-order valence-corrected chi connectivity index (χ0v) is 23.0. The van der Waals surface area contributed by atoms with Crippen LogP contribution in [0.1, 0.15) is 0 Å². The molecule has 0 aliphatic carbocycles. The monoisotopic (exact) mass is 530 g/mol. The van der Waals surface area contributed by atoms with E-state index in [0.29, 0.717) is 0 Å². The van der Waals surface area contributed by atoms with Gasteiger partial charge < -0.3 is 0 Å². The first-order valence-corrected chi connectivity index (χ1v) is 14.6. The van der Waals surface area contributed by atoms with Crippen LogP contribution in [0.3, 0.4) is 0 Å². The Morgan fingerprint density at radius 3 is 0.881 bits per heavy atom. The van der Waals surface area contributed by atoms with Gasteiger partial charge in [-0.2, -0.15) is 0 Å². The van der Waals surface area contributed by atoms with Gasteiger partial charge >= 0.3 is 0 Å². The summed E-state index contributed by atoms with van der Waals surface area (Å²) in [6.07, 6.45) is 0. The smallest absolute Gasteiger partial charge is 0.000741 e. The molecule has 0 heterocycles.